The van der Waals surface area contributed by atoms with Gasteiger partial charge in [0, 0.05) is 31.7 Å². The van der Waals surface area contributed by atoms with Gasteiger partial charge in [0.1, 0.15) is 0 Å². The Bertz CT molecular complexity index is 965. The Morgan fingerprint density at radius 2 is 1.52 bits per heavy atom. The Labute approximate surface area is 157 Å². The molecule has 1 fully saturated rings. The Kier molecular flexibility index (Phi) is 5.29. The molecule has 1 amide bonds. The maximum absolute atomic E-state index is 12.7. The molecule has 0 saturated carbocycles. The summed E-state index contributed by atoms with van der Waals surface area (Å²) in [6.45, 7) is 2.62. The first kappa shape index (κ1) is 19.1. The number of benzene rings is 2. The number of hydrogen-bond donors (Lipinski definition) is 1. The number of carbonyl (C=O) groups is 2. The largest absolute Gasteiger partial charge is 0.478 e. The number of amides is 1. The van der Waals surface area contributed by atoms with Crippen LogP contribution in [0.15, 0.2) is 53.4 Å². The van der Waals surface area contributed by atoms with Gasteiger partial charge >= 0.3 is 5.97 Å². The molecule has 0 aromatic heterocycles. The minimum Gasteiger partial charge on any atom is -0.478 e. The van der Waals surface area contributed by atoms with Gasteiger partial charge in [-0.15, -0.1) is 0 Å². The van der Waals surface area contributed by atoms with Crippen molar-refractivity contribution in [3.8, 4) is 0 Å². The molecule has 3 rings (SSSR count). The molecule has 1 N–H and O–H groups in total. The standard InChI is InChI=1S/C19H20N2O5S/c1-14-11-15(13-16(12-14)19(23)24)18(22)20-7-9-21(10-8-20)27(25,26)17-5-3-2-4-6-17/h2-6,11-13H,7-10H2,1H3,(H,23,24). The van der Waals surface area contributed by atoms with Crippen molar-refractivity contribution in [2.45, 2.75) is 11.8 Å². The van der Waals surface area contributed by atoms with Crippen molar-refractivity contribution < 1.29 is 23.1 Å². The summed E-state index contributed by atoms with van der Waals surface area (Å²) in [6.07, 6.45) is 0. The molecule has 7 nitrogen and oxygen atoms in total. The van der Waals surface area contributed by atoms with Crippen molar-refractivity contribution in [3.63, 3.8) is 0 Å². The van der Waals surface area contributed by atoms with E-state index in [0.717, 1.165) is 0 Å². The van der Waals surface area contributed by atoms with E-state index in [0.29, 0.717) is 11.1 Å². The van der Waals surface area contributed by atoms with Crippen LogP contribution in [-0.2, 0) is 10.0 Å². The summed E-state index contributed by atoms with van der Waals surface area (Å²) >= 11 is 0. The number of carboxylic acid groups (broad SMARTS) is 1. The van der Waals surface area contributed by atoms with Crippen LogP contribution in [0.2, 0.25) is 0 Å². The molecule has 1 aliphatic heterocycles. The van der Waals surface area contributed by atoms with E-state index in [1.807, 2.05) is 0 Å². The third-order valence-corrected chi connectivity index (χ3v) is 6.39. The minimum atomic E-state index is -3.58. The van der Waals surface area contributed by atoms with Gasteiger partial charge in [-0.05, 0) is 42.8 Å². The molecular formula is C19H20N2O5S. The first-order chi connectivity index (χ1) is 12.8. The summed E-state index contributed by atoms with van der Waals surface area (Å²) in [7, 11) is -3.58. The highest BCUT2D eigenvalue weighted by Crippen LogP contribution is 2.19. The van der Waals surface area contributed by atoms with Gasteiger partial charge in [-0.2, -0.15) is 4.31 Å². The second-order valence-corrected chi connectivity index (χ2v) is 8.34. The molecule has 1 saturated heterocycles. The molecule has 0 spiro atoms. The van der Waals surface area contributed by atoms with Gasteiger partial charge < -0.3 is 10.0 Å². The molecule has 27 heavy (non-hydrogen) atoms. The van der Waals surface area contributed by atoms with Crippen LogP contribution >= 0.6 is 0 Å². The number of aryl methyl sites for hydroxylation is 1. The van der Waals surface area contributed by atoms with E-state index in [9.17, 15) is 18.0 Å². The minimum absolute atomic E-state index is 0.0589. The third-order valence-electron chi connectivity index (χ3n) is 4.48. The zero-order valence-electron chi connectivity index (χ0n) is 14.8. The van der Waals surface area contributed by atoms with E-state index in [-0.39, 0.29) is 42.5 Å². The smallest absolute Gasteiger partial charge is 0.335 e. The Hall–Kier alpha value is -2.71. The van der Waals surface area contributed by atoms with Gasteiger partial charge in [0.05, 0.1) is 10.5 Å². The highest BCUT2D eigenvalue weighted by molar-refractivity contribution is 7.89. The van der Waals surface area contributed by atoms with Crippen LogP contribution in [0.5, 0.6) is 0 Å². The molecule has 8 heteroatoms. The zero-order chi connectivity index (χ0) is 19.6. The topological polar surface area (TPSA) is 95.0 Å². The van der Waals surface area contributed by atoms with Crippen LogP contribution in [0.3, 0.4) is 0 Å². The summed E-state index contributed by atoms with van der Waals surface area (Å²) in [5, 5.41) is 9.16. The Balaban J connectivity index is 1.73. The van der Waals surface area contributed by atoms with Crippen LogP contribution in [-0.4, -0.2) is 60.8 Å². The van der Waals surface area contributed by atoms with Crippen molar-refractivity contribution in [1.29, 1.82) is 0 Å². The number of aromatic carboxylic acids is 1. The third kappa shape index (κ3) is 4.01. The molecule has 0 aliphatic carbocycles. The molecule has 2 aromatic carbocycles. The summed E-state index contributed by atoms with van der Waals surface area (Å²) < 4.78 is 26.7. The fourth-order valence-electron chi connectivity index (χ4n) is 3.09. The van der Waals surface area contributed by atoms with E-state index in [1.165, 1.54) is 16.4 Å². The molecule has 0 radical (unpaired) electrons. The lowest BCUT2D eigenvalue weighted by Gasteiger charge is -2.34. The number of nitrogens with zero attached hydrogens (tertiary/aromatic N) is 2. The SMILES string of the molecule is Cc1cc(C(=O)O)cc(C(=O)N2CCN(S(=O)(=O)c3ccccc3)CC2)c1. The lowest BCUT2D eigenvalue weighted by molar-refractivity contribution is 0.0696. The summed E-state index contributed by atoms with van der Waals surface area (Å²) in [5.41, 5.74) is 1.04. The number of carbonyl (C=O) groups excluding carboxylic acids is 1. The van der Waals surface area contributed by atoms with E-state index < -0.39 is 16.0 Å². The van der Waals surface area contributed by atoms with Gasteiger partial charge in [0.2, 0.25) is 10.0 Å². The van der Waals surface area contributed by atoms with Crippen molar-refractivity contribution in [1.82, 2.24) is 9.21 Å². The predicted octanol–water partition coefficient (Wildman–Crippen LogP) is 1.84. The number of carboxylic acids is 1. The number of rotatable bonds is 4. The van der Waals surface area contributed by atoms with Gasteiger partial charge in [0.25, 0.3) is 5.91 Å². The molecule has 1 aliphatic rings. The van der Waals surface area contributed by atoms with Crippen molar-refractivity contribution in [3.05, 3.63) is 65.2 Å². The quantitative estimate of drug-likeness (QED) is 0.862. The van der Waals surface area contributed by atoms with Gasteiger partial charge in [0.15, 0.2) is 0 Å². The Morgan fingerprint density at radius 1 is 0.926 bits per heavy atom. The maximum atomic E-state index is 12.7. The first-order valence-electron chi connectivity index (χ1n) is 8.48. The molecule has 142 valence electrons. The predicted molar refractivity (Wildman–Crippen MR) is 99.2 cm³/mol. The summed E-state index contributed by atoms with van der Waals surface area (Å²) in [6, 6.07) is 12.7. The summed E-state index contributed by atoms with van der Waals surface area (Å²) in [4.78, 5) is 25.7. The second-order valence-electron chi connectivity index (χ2n) is 6.40. The monoisotopic (exact) mass is 388 g/mol. The van der Waals surface area contributed by atoms with E-state index in [2.05, 4.69) is 0 Å². The van der Waals surface area contributed by atoms with Crippen LogP contribution in [0.1, 0.15) is 26.3 Å². The van der Waals surface area contributed by atoms with Crippen molar-refractivity contribution in [2.75, 3.05) is 26.2 Å². The normalized spacial score (nSPS) is 15.5. The van der Waals surface area contributed by atoms with E-state index >= 15 is 0 Å². The van der Waals surface area contributed by atoms with Crippen LogP contribution in [0, 0.1) is 6.92 Å². The maximum Gasteiger partial charge on any atom is 0.335 e. The van der Waals surface area contributed by atoms with E-state index in [1.54, 1.807) is 48.2 Å². The van der Waals surface area contributed by atoms with Crippen molar-refractivity contribution in [2.24, 2.45) is 0 Å². The molecule has 1 heterocycles. The zero-order valence-corrected chi connectivity index (χ0v) is 15.6. The van der Waals surface area contributed by atoms with Crippen LogP contribution in [0.25, 0.3) is 0 Å². The van der Waals surface area contributed by atoms with Gasteiger partial charge in [-0.25, -0.2) is 13.2 Å². The van der Waals surface area contributed by atoms with Crippen LogP contribution < -0.4 is 0 Å². The second kappa shape index (κ2) is 7.50. The van der Waals surface area contributed by atoms with Gasteiger partial charge in [-0.3, -0.25) is 4.79 Å². The molecular weight excluding hydrogens is 368 g/mol. The number of piperazine rings is 1. The molecule has 0 unspecified atom stereocenters. The highest BCUT2D eigenvalue weighted by Gasteiger charge is 2.30. The van der Waals surface area contributed by atoms with Crippen LogP contribution in [0.4, 0.5) is 0 Å². The summed E-state index contributed by atoms with van der Waals surface area (Å²) in [5.74, 6) is -1.38. The van der Waals surface area contributed by atoms with Gasteiger partial charge in [-0.1, -0.05) is 18.2 Å². The first-order valence-corrected chi connectivity index (χ1v) is 9.92. The average molecular weight is 388 g/mol. The fraction of sp³-hybridized carbons (Fsp3) is 0.263. The Morgan fingerprint density at radius 3 is 2.11 bits per heavy atom. The molecule has 2 aromatic rings. The number of sulfonamides is 1. The number of hydrogen-bond acceptors (Lipinski definition) is 4. The average Bonchev–Trinajstić information content (AvgIpc) is 2.67. The van der Waals surface area contributed by atoms with E-state index in [4.69, 9.17) is 5.11 Å². The van der Waals surface area contributed by atoms with Crippen molar-refractivity contribution >= 4 is 21.9 Å². The molecule has 0 bridgehead atoms. The molecule has 0 atom stereocenters. The lowest BCUT2D eigenvalue weighted by Crippen LogP contribution is -2.50. The highest BCUT2D eigenvalue weighted by atomic mass is 32.2. The lowest BCUT2D eigenvalue weighted by atomic mass is 10.1. The fourth-order valence-corrected chi connectivity index (χ4v) is 4.53.